The lowest BCUT2D eigenvalue weighted by Crippen LogP contribution is -2.34. The van der Waals surface area contributed by atoms with Crippen molar-refractivity contribution < 1.29 is 5.21 Å². The normalized spacial score (nSPS) is 23.6. The van der Waals surface area contributed by atoms with E-state index in [-0.39, 0.29) is 5.84 Å². The van der Waals surface area contributed by atoms with Gasteiger partial charge in [-0.15, -0.1) is 0 Å². The third-order valence-electron chi connectivity index (χ3n) is 4.11. The van der Waals surface area contributed by atoms with Crippen LogP contribution in [-0.4, -0.2) is 49.2 Å². The molecule has 2 unspecified atom stereocenters. The van der Waals surface area contributed by atoms with Crippen LogP contribution in [0.1, 0.15) is 18.1 Å². The third kappa shape index (κ3) is 2.72. The summed E-state index contributed by atoms with van der Waals surface area (Å²) in [5.74, 6) is 0.756. The minimum Gasteiger partial charge on any atom is -0.409 e. The Balaban J connectivity index is 2.36. The lowest BCUT2D eigenvalue weighted by Gasteiger charge is -2.24. The van der Waals surface area contributed by atoms with E-state index >= 15 is 0 Å². The van der Waals surface area contributed by atoms with E-state index < -0.39 is 0 Å². The standard InChI is InChI=1S/C15H24N4O/c1-10-5-6-12(15(16)17-20)13(7-10)19-8-11(2)14(9-19)18(3)4/h5-7,11,14,20H,8-9H2,1-4H3,(H2,16,17). The van der Waals surface area contributed by atoms with Gasteiger partial charge in [0, 0.05) is 30.4 Å². The molecule has 0 amide bonds. The molecular formula is C15H24N4O. The molecule has 110 valence electrons. The van der Waals surface area contributed by atoms with Crippen molar-refractivity contribution in [3.63, 3.8) is 0 Å². The van der Waals surface area contributed by atoms with Crippen LogP contribution in [-0.2, 0) is 0 Å². The Morgan fingerprint density at radius 3 is 2.65 bits per heavy atom. The molecule has 1 aromatic rings. The van der Waals surface area contributed by atoms with Crippen LogP contribution in [0.2, 0.25) is 0 Å². The minimum atomic E-state index is 0.168. The van der Waals surface area contributed by atoms with Gasteiger partial charge in [0.25, 0.3) is 0 Å². The molecule has 0 spiro atoms. The van der Waals surface area contributed by atoms with Gasteiger partial charge < -0.3 is 20.7 Å². The average molecular weight is 276 g/mol. The lowest BCUT2D eigenvalue weighted by molar-refractivity contribution is 0.266. The molecule has 2 rings (SSSR count). The van der Waals surface area contributed by atoms with Crippen molar-refractivity contribution in [2.75, 3.05) is 32.1 Å². The molecule has 0 bridgehead atoms. The first-order chi connectivity index (χ1) is 9.43. The van der Waals surface area contributed by atoms with E-state index in [0.717, 1.165) is 24.3 Å². The summed E-state index contributed by atoms with van der Waals surface area (Å²) in [5, 5.41) is 12.1. The second kappa shape index (κ2) is 5.71. The second-order valence-electron chi connectivity index (χ2n) is 5.92. The number of benzene rings is 1. The van der Waals surface area contributed by atoms with Crippen molar-refractivity contribution in [1.82, 2.24) is 4.90 Å². The Hall–Kier alpha value is -1.75. The van der Waals surface area contributed by atoms with E-state index in [2.05, 4.69) is 49.0 Å². The highest BCUT2D eigenvalue weighted by Crippen LogP contribution is 2.29. The van der Waals surface area contributed by atoms with E-state index in [9.17, 15) is 0 Å². The number of hydrogen-bond donors (Lipinski definition) is 2. The quantitative estimate of drug-likeness (QED) is 0.380. The molecule has 5 nitrogen and oxygen atoms in total. The Morgan fingerprint density at radius 1 is 1.40 bits per heavy atom. The monoisotopic (exact) mass is 276 g/mol. The Kier molecular flexibility index (Phi) is 4.18. The number of oxime groups is 1. The molecular weight excluding hydrogens is 252 g/mol. The highest BCUT2D eigenvalue weighted by Gasteiger charge is 2.32. The molecule has 2 atom stereocenters. The molecule has 1 aromatic carbocycles. The summed E-state index contributed by atoms with van der Waals surface area (Å²) in [5.41, 5.74) is 8.83. The fraction of sp³-hybridized carbons (Fsp3) is 0.533. The SMILES string of the molecule is Cc1ccc(/C(N)=N/O)c(N2CC(C)C(N(C)C)C2)c1. The van der Waals surface area contributed by atoms with Crippen LogP contribution < -0.4 is 10.6 Å². The Labute approximate surface area is 120 Å². The highest BCUT2D eigenvalue weighted by molar-refractivity contribution is 6.02. The summed E-state index contributed by atoms with van der Waals surface area (Å²) in [6.45, 7) is 6.27. The number of hydrogen-bond acceptors (Lipinski definition) is 4. The van der Waals surface area contributed by atoms with Gasteiger partial charge in [0.05, 0.1) is 0 Å². The topological polar surface area (TPSA) is 65.1 Å². The number of rotatable bonds is 3. The van der Waals surface area contributed by atoms with Crippen molar-refractivity contribution >= 4 is 11.5 Å². The van der Waals surface area contributed by atoms with Crippen LogP contribution in [0.3, 0.4) is 0 Å². The van der Waals surface area contributed by atoms with Crippen molar-refractivity contribution in [2.24, 2.45) is 16.8 Å². The van der Waals surface area contributed by atoms with Crippen LogP contribution in [0.15, 0.2) is 23.4 Å². The van der Waals surface area contributed by atoms with Gasteiger partial charge in [0.1, 0.15) is 0 Å². The molecule has 1 heterocycles. The molecule has 1 fully saturated rings. The number of anilines is 1. The summed E-state index contributed by atoms with van der Waals surface area (Å²) >= 11 is 0. The Bertz CT molecular complexity index is 513. The first-order valence-corrected chi connectivity index (χ1v) is 6.94. The zero-order valence-electron chi connectivity index (χ0n) is 12.7. The third-order valence-corrected chi connectivity index (χ3v) is 4.11. The zero-order chi connectivity index (χ0) is 14.9. The van der Waals surface area contributed by atoms with Crippen LogP contribution in [0.4, 0.5) is 5.69 Å². The summed E-state index contributed by atoms with van der Waals surface area (Å²) in [7, 11) is 4.23. The summed E-state index contributed by atoms with van der Waals surface area (Å²) < 4.78 is 0. The predicted molar refractivity (Wildman–Crippen MR) is 82.5 cm³/mol. The largest absolute Gasteiger partial charge is 0.409 e. The second-order valence-corrected chi connectivity index (χ2v) is 5.92. The molecule has 0 aliphatic carbocycles. The molecule has 1 saturated heterocycles. The van der Waals surface area contributed by atoms with Crippen molar-refractivity contribution in [2.45, 2.75) is 19.9 Å². The van der Waals surface area contributed by atoms with Crippen molar-refractivity contribution in [3.8, 4) is 0 Å². The smallest absolute Gasteiger partial charge is 0.172 e. The van der Waals surface area contributed by atoms with Crippen LogP contribution in [0.5, 0.6) is 0 Å². The van der Waals surface area contributed by atoms with Gasteiger partial charge in [-0.3, -0.25) is 0 Å². The summed E-state index contributed by atoms with van der Waals surface area (Å²) in [4.78, 5) is 4.60. The molecule has 5 heteroatoms. The number of likely N-dealkylation sites (N-methyl/N-ethyl adjacent to an activating group) is 1. The maximum atomic E-state index is 8.95. The fourth-order valence-electron chi connectivity index (χ4n) is 2.99. The highest BCUT2D eigenvalue weighted by atomic mass is 16.4. The van der Waals surface area contributed by atoms with Gasteiger partial charge in [-0.1, -0.05) is 18.1 Å². The first-order valence-electron chi connectivity index (χ1n) is 6.94. The molecule has 3 N–H and O–H groups in total. The molecule has 0 aromatic heterocycles. The number of amidine groups is 1. The minimum absolute atomic E-state index is 0.168. The molecule has 0 saturated carbocycles. The number of nitrogens with two attached hydrogens (primary N) is 1. The van der Waals surface area contributed by atoms with Crippen LogP contribution >= 0.6 is 0 Å². The lowest BCUT2D eigenvalue weighted by atomic mass is 10.1. The van der Waals surface area contributed by atoms with Gasteiger partial charge in [-0.05, 0) is 44.6 Å². The van der Waals surface area contributed by atoms with E-state index in [1.807, 2.05) is 12.1 Å². The first kappa shape index (κ1) is 14.7. The Morgan fingerprint density at radius 2 is 2.10 bits per heavy atom. The van der Waals surface area contributed by atoms with Crippen LogP contribution in [0, 0.1) is 12.8 Å². The van der Waals surface area contributed by atoms with E-state index in [4.69, 9.17) is 10.9 Å². The maximum absolute atomic E-state index is 8.95. The van der Waals surface area contributed by atoms with Gasteiger partial charge >= 0.3 is 0 Å². The molecule has 20 heavy (non-hydrogen) atoms. The fourth-order valence-corrected chi connectivity index (χ4v) is 2.99. The predicted octanol–water partition coefficient (Wildman–Crippen LogP) is 1.48. The van der Waals surface area contributed by atoms with Gasteiger partial charge in [0.2, 0.25) is 0 Å². The number of nitrogens with zero attached hydrogens (tertiary/aromatic N) is 3. The average Bonchev–Trinajstić information content (AvgIpc) is 2.80. The number of aryl methyl sites for hydroxylation is 1. The molecule has 1 aliphatic heterocycles. The van der Waals surface area contributed by atoms with Gasteiger partial charge in [-0.2, -0.15) is 0 Å². The molecule has 1 aliphatic rings. The van der Waals surface area contributed by atoms with E-state index in [1.54, 1.807) is 0 Å². The van der Waals surface area contributed by atoms with Gasteiger partial charge in [0.15, 0.2) is 5.84 Å². The van der Waals surface area contributed by atoms with Gasteiger partial charge in [-0.25, -0.2) is 0 Å². The van der Waals surface area contributed by atoms with Crippen molar-refractivity contribution in [3.05, 3.63) is 29.3 Å². The summed E-state index contributed by atoms with van der Waals surface area (Å²) in [6, 6.07) is 6.54. The van der Waals surface area contributed by atoms with E-state index in [1.165, 1.54) is 5.56 Å². The summed E-state index contributed by atoms with van der Waals surface area (Å²) in [6.07, 6.45) is 0. The maximum Gasteiger partial charge on any atom is 0.172 e. The van der Waals surface area contributed by atoms with Crippen molar-refractivity contribution in [1.29, 1.82) is 0 Å². The zero-order valence-corrected chi connectivity index (χ0v) is 12.7. The molecule has 0 radical (unpaired) electrons. The van der Waals surface area contributed by atoms with Crippen LogP contribution in [0.25, 0.3) is 0 Å². The van der Waals surface area contributed by atoms with E-state index in [0.29, 0.717) is 12.0 Å².